The van der Waals surface area contributed by atoms with Crippen molar-refractivity contribution in [3.8, 4) is 17.2 Å². The van der Waals surface area contributed by atoms with Gasteiger partial charge in [-0.25, -0.2) is 0 Å². The lowest BCUT2D eigenvalue weighted by molar-refractivity contribution is -0.138. The first-order valence-electron chi connectivity index (χ1n) is 8.53. The van der Waals surface area contributed by atoms with E-state index in [0.29, 0.717) is 43.5 Å². The Labute approximate surface area is 143 Å². The van der Waals surface area contributed by atoms with Crippen molar-refractivity contribution in [1.29, 1.82) is 0 Å². The van der Waals surface area contributed by atoms with Crippen LogP contribution in [0.15, 0.2) is 12.1 Å². The van der Waals surface area contributed by atoms with Crippen molar-refractivity contribution in [3.63, 3.8) is 0 Å². The molecule has 1 aromatic rings. The van der Waals surface area contributed by atoms with Crippen LogP contribution in [-0.4, -0.2) is 36.9 Å². The summed E-state index contributed by atoms with van der Waals surface area (Å²) in [6.07, 6.45) is 1.03. The van der Waals surface area contributed by atoms with Gasteiger partial charge in [-0.1, -0.05) is 6.92 Å². The SMILES string of the molecule is CCOc1ccc(OCC)c(C(CC)CC(N)C(=O)O)c1OCC. The zero-order valence-corrected chi connectivity index (χ0v) is 15.0. The van der Waals surface area contributed by atoms with E-state index in [-0.39, 0.29) is 5.92 Å². The lowest BCUT2D eigenvalue weighted by Crippen LogP contribution is -2.32. The van der Waals surface area contributed by atoms with E-state index in [0.717, 1.165) is 12.0 Å². The molecule has 6 heteroatoms. The molecule has 0 amide bonds. The van der Waals surface area contributed by atoms with Crippen molar-refractivity contribution < 1.29 is 24.1 Å². The Morgan fingerprint density at radius 1 is 1.04 bits per heavy atom. The molecule has 0 radical (unpaired) electrons. The van der Waals surface area contributed by atoms with Crippen molar-refractivity contribution in [2.45, 2.75) is 52.5 Å². The number of nitrogens with two attached hydrogens (primary N) is 1. The second kappa shape index (κ2) is 10.0. The van der Waals surface area contributed by atoms with Gasteiger partial charge in [0.1, 0.15) is 11.8 Å². The molecule has 0 saturated heterocycles. The summed E-state index contributed by atoms with van der Waals surface area (Å²) in [4.78, 5) is 11.2. The number of carbonyl (C=O) groups is 1. The maximum atomic E-state index is 11.2. The molecule has 136 valence electrons. The Morgan fingerprint density at radius 2 is 1.58 bits per heavy atom. The van der Waals surface area contributed by atoms with Crippen LogP contribution in [0.2, 0.25) is 0 Å². The fourth-order valence-corrected chi connectivity index (χ4v) is 2.69. The van der Waals surface area contributed by atoms with Crippen LogP contribution in [0.5, 0.6) is 17.2 Å². The molecule has 1 rings (SSSR count). The van der Waals surface area contributed by atoms with Crippen LogP contribution in [-0.2, 0) is 4.79 Å². The van der Waals surface area contributed by atoms with Crippen molar-refractivity contribution >= 4 is 5.97 Å². The number of hydrogen-bond acceptors (Lipinski definition) is 5. The van der Waals surface area contributed by atoms with Gasteiger partial charge in [-0.2, -0.15) is 0 Å². The molecular weight excluding hydrogens is 310 g/mol. The number of hydrogen-bond donors (Lipinski definition) is 2. The Hall–Kier alpha value is -1.95. The minimum Gasteiger partial charge on any atom is -0.493 e. The van der Waals surface area contributed by atoms with E-state index < -0.39 is 12.0 Å². The summed E-state index contributed by atoms with van der Waals surface area (Å²) >= 11 is 0. The normalized spacial score (nSPS) is 13.2. The van der Waals surface area contributed by atoms with Crippen LogP contribution in [0.4, 0.5) is 0 Å². The molecular formula is C18H29NO5. The Kier molecular flexibility index (Phi) is 8.40. The first kappa shape index (κ1) is 20.1. The number of ether oxygens (including phenoxy) is 3. The molecule has 0 aromatic heterocycles. The third-order valence-electron chi connectivity index (χ3n) is 3.77. The van der Waals surface area contributed by atoms with Gasteiger partial charge in [0.05, 0.1) is 19.8 Å². The van der Waals surface area contributed by atoms with Gasteiger partial charge in [-0.3, -0.25) is 4.79 Å². The summed E-state index contributed by atoms with van der Waals surface area (Å²) in [5, 5.41) is 9.15. The van der Waals surface area contributed by atoms with Gasteiger partial charge in [0.25, 0.3) is 0 Å². The average Bonchev–Trinajstić information content (AvgIpc) is 2.55. The highest BCUT2D eigenvalue weighted by atomic mass is 16.5. The van der Waals surface area contributed by atoms with Gasteiger partial charge >= 0.3 is 5.97 Å². The van der Waals surface area contributed by atoms with Gasteiger partial charge in [0, 0.05) is 5.56 Å². The number of aliphatic carboxylic acids is 1. The van der Waals surface area contributed by atoms with Crippen molar-refractivity contribution in [3.05, 3.63) is 17.7 Å². The van der Waals surface area contributed by atoms with Crippen LogP contribution in [0, 0.1) is 0 Å². The fraction of sp³-hybridized carbons (Fsp3) is 0.611. The summed E-state index contributed by atoms with van der Waals surface area (Å²) in [7, 11) is 0. The molecule has 0 saturated carbocycles. The first-order valence-corrected chi connectivity index (χ1v) is 8.53. The third-order valence-corrected chi connectivity index (χ3v) is 3.77. The van der Waals surface area contributed by atoms with E-state index in [1.807, 2.05) is 39.8 Å². The van der Waals surface area contributed by atoms with Crippen LogP contribution >= 0.6 is 0 Å². The monoisotopic (exact) mass is 339 g/mol. The van der Waals surface area contributed by atoms with Gasteiger partial charge in [0.15, 0.2) is 11.5 Å². The Bertz CT molecular complexity index is 532. The number of carboxylic acid groups (broad SMARTS) is 1. The number of benzene rings is 1. The van der Waals surface area contributed by atoms with E-state index in [1.165, 1.54) is 0 Å². The number of carboxylic acids is 1. The highest BCUT2D eigenvalue weighted by Gasteiger charge is 2.27. The average molecular weight is 339 g/mol. The van der Waals surface area contributed by atoms with E-state index in [1.54, 1.807) is 0 Å². The zero-order chi connectivity index (χ0) is 18.1. The molecule has 0 fully saturated rings. The molecule has 0 aliphatic rings. The van der Waals surface area contributed by atoms with E-state index >= 15 is 0 Å². The molecule has 0 aliphatic heterocycles. The summed E-state index contributed by atoms with van der Waals surface area (Å²) in [5.74, 6) is 0.841. The largest absolute Gasteiger partial charge is 0.493 e. The first-order chi connectivity index (χ1) is 11.5. The standard InChI is InChI=1S/C18H29NO5/c1-5-12(11-13(19)18(20)21)16-14(22-6-2)9-10-15(23-7-3)17(16)24-8-4/h9-10,12-13H,5-8,11,19H2,1-4H3,(H,20,21). The second-order valence-electron chi connectivity index (χ2n) is 5.39. The van der Waals surface area contributed by atoms with E-state index in [9.17, 15) is 4.79 Å². The summed E-state index contributed by atoms with van der Waals surface area (Å²) in [5.41, 5.74) is 6.60. The molecule has 3 N–H and O–H groups in total. The predicted octanol–water partition coefficient (Wildman–Crippen LogP) is 3.18. The fourth-order valence-electron chi connectivity index (χ4n) is 2.69. The Morgan fingerprint density at radius 3 is 2.08 bits per heavy atom. The van der Waals surface area contributed by atoms with Crippen LogP contribution < -0.4 is 19.9 Å². The molecule has 0 spiro atoms. The summed E-state index contributed by atoms with van der Waals surface area (Å²) in [6.45, 7) is 9.21. The lowest BCUT2D eigenvalue weighted by atomic mass is 9.88. The van der Waals surface area contributed by atoms with Gasteiger partial charge in [-0.05, 0) is 51.7 Å². The molecule has 0 bridgehead atoms. The molecule has 0 aliphatic carbocycles. The van der Waals surface area contributed by atoms with E-state index in [2.05, 4.69) is 0 Å². The highest BCUT2D eigenvalue weighted by molar-refractivity contribution is 5.73. The van der Waals surface area contributed by atoms with Gasteiger partial charge in [0.2, 0.25) is 0 Å². The van der Waals surface area contributed by atoms with Gasteiger partial charge < -0.3 is 25.1 Å². The molecule has 1 aromatic carbocycles. The molecule has 24 heavy (non-hydrogen) atoms. The smallest absolute Gasteiger partial charge is 0.320 e. The number of rotatable bonds is 11. The maximum Gasteiger partial charge on any atom is 0.320 e. The second-order valence-corrected chi connectivity index (χ2v) is 5.39. The quantitative estimate of drug-likeness (QED) is 0.643. The van der Waals surface area contributed by atoms with Crippen LogP contribution in [0.3, 0.4) is 0 Å². The van der Waals surface area contributed by atoms with Crippen molar-refractivity contribution in [1.82, 2.24) is 0 Å². The molecule has 6 nitrogen and oxygen atoms in total. The van der Waals surface area contributed by atoms with Crippen LogP contribution in [0.25, 0.3) is 0 Å². The van der Waals surface area contributed by atoms with Crippen molar-refractivity contribution in [2.24, 2.45) is 5.73 Å². The minimum absolute atomic E-state index is 0.0976. The lowest BCUT2D eigenvalue weighted by Gasteiger charge is -2.25. The van der Waals surface area contributed by atoms with Crippen molar-refractivity contribution in [2.75, 3.05) is 19.8 Å². The summed E-state index contributed by atoms with van der Waals surface area (Å²) < 4.78 is 17.3. The third kappa shape index (κ3) is 5.03. The van der Waals surface area contributed by atoms with Crippen LogP contribution in [0.1, 0.15) is 52.0 Å². The van der Waals surface area contributed by atoms with E-state index in [4.69, 9.17) is 25.1 Å². The maximum absolute atomic E-state index is 11.2. The molecule has 2 unspecified atom stereocenters. The topological polar surface area (TPSA) is 91.0 Å². The summed E-state index contributed by atoms with van der Waals surface area (Å²) in [6, 6.07) is 2.74. The Balaban J connectivity index is 3.40. The predicted molar refractivity (Wildman–Crippen MR) is 93.2 cm³/mol. The highest BCUT2D eigenvalue weighted by Crippen LogP contribution is 2.45. The minimum atomic E-state index is -1.01. The molecule has 0 heterocycles. The van der Waals surface area contributed by atoms with Gasteiger partial charge in [-0.15, -0.1) is 0 Å². The zero-order valence-electron chi connectivity index (χ0n) is 15.0. The molecule has 2 atom stereocenters.